The SMILES string of the molecule is CCOP(=O)(OCC)C(c1ccc(OC(N)=O)cc1)P(=O)(OCC)OCC. The van der Waals surface area contributed by atoms with Crippen molar-refractivity contribution in [1.29, 1.82) is 0 Å². The van der Waals surface area contributed by atoms with Gasteiger partial charge in [0.2, 0.25) is 0 Å². The van der Waals surface area contributed by atoms with Crippen LogP contribution in [0.2, 0.25) is 0 Å². The van der Waals surface area contributed by atoms with Crippen LogP contribution >= 0.6 is 15.2 Å². The summed E-state index contributed by atoms with van der Waals surface area (Å²) in [6, 6.07) is 5.83. The molecule has 154 valence electrons. The molecule has 0 atom stereocenters. The molecule has 27 heavy (non-hydrogen) atoms. The van der Waals surface area contributed by atoms with E-state index in [1.54, 1.807) is 27.7 Å². The van der Waals surface area contributed by atoms with Crippen molar-refractivity contribution in [2.75, 3.05) is 26.4 Å². The van der Waals surface area contributed by atoms with Crippen molar-refractivity contribution in [3.05, 3.63) is 29.8 Å². The summed E-state index contributed by atoms with van der Waals surface area (Å²) in [4.78, 5) is 10.9. The smallest absolute Gasteiger partial charge is 0.409 e. The molecule has 1 aromatic rings. The minimum atomic E-state index is -3.92. The average molecular weight is 423 g/mol. The second-order valence-electron chi connectivity index (χ2n) is 5.11. The van der Waals surface area contributed by atoms with Crippen molar-refractivity contribution in [1.82, 2.24) is 0 Å². The number of hydrogen-bond acceptors (Lipinski definition) is 8. The van der Waals surface area contributed by atoms with E-state index >= 15 is 0 Å². The Morgan fingerprint density at radius 1 is 0.852 bits per heavy atom. The van der Waals surface area contributed by atoms with E-state index in [2.05, 4.69) is 0 Å². The molecular formula is C16H27NO8P2. The lowest BCUT2D eigenvalue weighted by molar-refractivity contribution is 0.195. The van der Waals surface area contributed by atoms with Gasteiger partial charge >= 0.3 is 21.3 Å². The molecule has 0 aromatic heterocycles. The van der Waals surface area contributed by atoms with E-state index in [0.717, 1.165) is 0 Å². The number of carbonyl (C=O) groups is 1. The Balaban J connectivity index is 3.50. The Morgan fingerprint density at radius 3 is 1.52 bits per heavy atom. The summed E-state index contributed by atoms with van der Waals surface area (Å²) in [5, 5.41) is -1.30. The van der Waals surface area contributed by atoms with Crippen molar-refractivity contribution in [2.24, 2.45) is 5.73 Å². The van der Waals surface area contributed by atoms with E-state index in [4.69, 9.17) is 28.6 Å². The lowest BCUT2D eigenvalue weighted by atomic mass is 10.2. The topological polar surface area (TPSA) is 123 Å². The molecule has 0 radical (unpaired) electrons. The highest BCUT2D eigenvalue weighted by molar-refractivity contribution is 7.72. The first-order valence-electron chi connectivity index (χ1n) is 8.61. The van der Waals surface area contributed by atoms with Gasteiger partial charge in [-0.25, -0.2) is 4.79 Å². The van der Waals surface area contributed by atoms with E-state index < -0.39 is 26.7 Å². The second-order valence-corrected chi connectivity index (χ2v) is 9.75. The van der Waals surface area contributed by atoms with E-state index in [0.29, 0.717) is 5.56 Å². The molecule has 9 nitrogen and oxygen atoms in total. The van der Waals surface area contributed by atoms with Gasteiger partial charge in [-0.15, -0.1) is 0 Å². The summed E-state index contributed by atoms with van der Waals surface area (Å²) in [5.74, 6) is 0.176. The monoisotopic (exact) mass is 423 g/mol. The second kappa shape index (κ2) is 11.0. The molecule has 0 fully saturated rings. The fourth-order valence-electron chi connectivity index (χ4n) is 2.44. The number of amides is 1. The molecule has 0 spiro atoms. The zero-order valence-electron chi connectivity index (χ0n) is 16.0. The van der Waals surface area contributed by atoms with Gasteiger partial charge in [-0.3, -0.25) is 9.13 Å². The normalized spacial score (nSPS) is 12.3. The predicted molar refractivity (Wildman–Crippen MR) is 101 cm³/mol. The molecule has 1 amide bonds. The molecule has 2 N–H and O–H groups in total. The molecule has 0 aliphatic rings. The van der Waals surface area contributed by atoms with Gasteiger partial charge in [0.15, 0.2) is 5.40 Å². The third kappa shape index (κ3) is 6.42. The molecule has 1 aromatic carbocycles. The highest BCUT2D eigenvalue weighted by Gasteiger charge is 2.51. The van der Waals surface area contributed by atoms with Gasteiger partial charge in [0, 0.05) is 0 Å². The van der Waals surface area contributed by atoms with Gasteiger partial charge in [0.05, 0.1) is 26.4 Å². The van der Waals surface area contributed by atoms with Crippen LogP contribution in [-0.2, 0) is 27.2 Å². The number of nitrogens with two attached hydrogens (primary N) is 1. The minimum absolute atomic E-state index is 0.0783. The predicted octanol–water partition coefficient (Wildman–Crippen LogP) is 4.67. The van der Waals surface area contributed by atoms with Gasteiger partial charge in [-0.2, -0.15) is 0 Å². The van der Waals surface area contributed by atoms with Crippen LogP contribution < -0.4 is 10.5 Å². The summed E-state index contributed by atoms with van der Waals surface area (Å²) in [6.45, 7) is 6.92. The lowest BCUT2D eigenvalue weighted by Crippen LogP contribution is -2.16. The van der Waals surface area contributed by atoms with E-state index in [9.17, 15) is 13.9 Å². The third-order valence-electron chi connectivity index (χ3n) is 3.23. The first kappa shape index (κ1) is 23.8. The summed E-state index contributed by atoms with van der Waals surface area (Å²) in [5.41, 5.74) is 5.32. The number of ether oxygens (including phenoxy) is 1. The van der Waals surface area contributed by atoms with Crippen LogP contribution in [0.3, 0.4) is 0 Å². The number of hydrogen-bond donors (Lipinski definition) is 1. The number of primary amides is 1. The van der Waals surface area contributed by atoms with E-state index in [1.807, 2.05) is 0 Å². The first-order valence-corrected chi connectivity index (χ1v) is 11.8. The quantitative estimate of drug-likeness (QED) is 0.481. The molecular weight excluding hydrogens is 396 g/mol. The molecule has 1 rings (SSSR count). The minimum Gasteiger partial charge on any atom is -0.411 e. The Labute approximate surface area is 159 Å². The zero-order valence-corrected chi connectivity index (χ0v) is 17.7. The van der Waals surface area contributed by atoms with Crippen LogP contribution in [0.1, 0.15) is 38.7 Å². The van der Waals surface area contributed by atoms with Crippen molar-refractivity contribution in [3.8, 4) is 5.75 Å². The van der Waals surface area contributed by atoms with Gasteiger partial charge in [-0.05, 0) is 45.4 Å². The Morgan fingerprint density at radius 2 is 1.22 bits per heavy atom. The molecule has 0 heterocycles. The largest absolute Gasteiger partial charge is 0.411 e. The lowest BCUT2D eigenvalue weighted by Gasteiger charge is -2.31. The number of rotatable bonds is 12. The fourth-order valence-corrected chi connectivity index (χ4v) is 7.85. The van der Waals surface area contributed by atoms with Crippen LogP contribution in [-0.4, -0.2) is 32.5 Å². The highest BCUT2D eigenvalue weighted by Crippen LogP contribution is 2.78. The highest BCUT2D eigenvalue weighted by atomic mass is 31.2. The molecule has 0 saturated heterocycles. The van der Waals surface area contributed by atoms with Gasteiger partial charge < -0.3 is 28.6 Å². The molecule has 11 heteroatoms. The van der Waals surface area contributed by atoms with Crippen molar-refractivity contribution >= 4 is 21.3 Å². The maximum absolute atomic E-state index is 13.5. The van der Waals surface area contributed by atoms with Crippen LogP contribution in [0.25, 0.3) is 0 Å². The molecule has 0 saturated carbocycles. The fraction of sp³-hybridized carbons (Fsp3) is 0.562. The van der Waals surface area contributed by atoms with Gasteiger partial charge in [-0.1, -0.05) is 12.1 Å². The summed E-state index contributed by atoms with van der Waals surface area (Å²) < 4.78 is 53.4. The number of benzene rings is 1. The molecule has 0 unspecified atom stereocenters. The Kier molecular flexibility index (Phi) is 9.67. The van der Waals surface area contributed by atoms with Crippen molar-refractivity contribution < 1.29 is 36.8 Å². The van der Waals surface area contributed by atoms with Gasteiger partial charge in [0.1, 0.15) is 5.75 Å². The standard InChI is InChI=1S/C16H27NO8P2/c1-5-21-26(19,22-6-2)15(27(20,23-7-3)24-8-4)13-9-11-14(12-10-13)25-16(17)18/h9-12,15H,5-8H2,1-4H3,(H2,17,18). The van der Waals surface area contributed by atoms with Crippen LogP contribution in [0, 0.1) is 0 Å². The average Bonchev–Trinajstić information content (AvgIpc) is 2.57. The molecule has 0 aliphatic carbocycles. The van der Waals surface area contributed by atoms with E-state index in [-0.39, 0.29) is 32.2 Å². The van der Waals surface area contributed by atoms with Crippen molar-refractivity contribution in [2.45, 2.75) is 33.1 Å². The van der Waals surface area contributed by atoms with Crippen molar-refractivity contribution in [3.63, 3.8) is 0 Å². The van der Waals surface area contributed by atoms with Crippen LogP contribution in [0.5, 0.6) is 5.75 Å². The Hall–Kier alpha value is -1.21. The number of carbonyl (C=O) groups excluding carboxylic acids is 1. The molecule has 0 bridgehead atoms. The summed E-state index contributed by atoms with van der Waals surface area (Å²) >= 11 is 0. The maximum Gasteiger partial charge on any atom is 0.409 e. The Bertz CT molecular complexity index is 644. The molecule has 0 aliphatic heterocycles. The summed E-state index contributed by atoms with van der Waals surface area (Å²) in [7, 11) is -7.84. The third-order valence-corrected chi connectivity index (χ3v) is 9.20. The van der Waals surface area contributed by atoms with Crippen LogP contribution in [0.15, 0.2) is 24.3 Å². The van der Waals surface area contributed by atoms with Gasteiger partial charge in [0.25, 0.3) is 0 Å². The summed E-state index contributed by atoms with van der Waals surface area (Å²) in [6.07, 6.45) is -0.970. The van der Waals surface area contributed by atoms with Crippen LogP contribution in [0.4, 0.5) is 4.79 Å². The first-order chi connectivity index (χ1) is 12.8. The van der Waals surface area contributed by atoms with E-state index in [1.165, 1.54) is 24.3 Å². The zero-order chi connectivity index (χ0) is 20.5. The maximum atomic E-state index is 13.5.